The average molecular weight is 1420 g/mol. The fraction of sp³-hybridized carbons (Fsp3) is 0.230. The summed E-state index contributed by atoms with van der Waals surface area (Å²) in [6, 6.07) is 52.5. The molecule has 0 spiro atoms. The van der Waals surface area contributed by atoms with E-state index in [1.54, 1.807) is 51.6 Å². The monoisotopic (exact) mass is 1420 g/mol. The zero-order chi connectivity index (χ0) is 74.2. The fourth-order valence-electron chi connectivity index (χ4n) is 12.1. The van der Waals surface area contributed by atoms with Gasteiger partial charge in [-0.25, -0.2) is 4.98 Å². The molecule has 0 aliphatic carbocycles. The summed E-state index contributed by atoms with van der Waals surface area (Å²) in [5.74, 6) is 1.17. The standard InChI is InChI=1S/C87H81N5O.Pt/c1-83(2,3)64-38-39-89-81(50-64)92-77-37-34-58(59-40-60(62-43-65(84(4,5)6)48-66(44-62)85(7,8)9)42-61(41-59)63-45-67(86(10,11)12)49-68(46-63)87(13,14)15)47-76(77)75-36-35-71(54-80(75)92)93-72-52-69(88-16)51-70(53-72)90-55-91(79-33-24-23-32-78(79)90)82-73(56-26-19-17-20-27-56)30-25-31-74(82)57-28-21-18-22-29-57;/h17-52H,1-15H3;/q-2;/i17D,18D,19D,20D,21D,22D,26D,27D,28D,29D;. The van der Waals surface area contributed by atoms with Crippen molar-refractivity contribution in [3.63, 3.8) is 0 Å². The number of hydrogen-bond donors (Lipinski definition) is 0. The van der Waals surface area contributed by atoms with Gasteiger partial charge in [0, 0.05) is 38.5 Å². The van der Waals surface area contributed by atoms with E-state index in [9.17, 15) is 5.48 Å². The molecule has 0 aliphatic heterocycles. The van der Waals surface area contributed by atoms with Crippen molar-refractivity contribution in [1.82, 2.24) is 14.1 Å². The average Bonchev–Trinajstić information content (AvgIpc) is 1.62. The molecule has 0 aliphatic rings. The van der Waals surface area contributed by atoms with Gasteiger partial charge >= 0.3 is 0 Å². The van der Waals surface area contributed by atoms with Gasteiger partial charge in [0.05, 0.1) is 42.7 Å². The van der Waals surface area contributed by atoms with Gasteiger partial charge in [-0.15, -0.1) is 29.7 Å². The van der Waals surface area contributed by atoms with E-state index in [0.717, 1.165) is 55.2 Å². The molecule has 6 nitrogen and oxygen atoms in total. The zero-order valence-electron chi connectivity index (χ0n) is 66.0. The molecule has 0 saturated carbocycles. The molecule has 472 valence electrons. The van der Waals surface area contributed by atoms with Gasteiger partial charge in [0.1, 0.15) is 5.82 Å². The second-order valence-electron chi connectivity index (χ2n) is 29.5. The van der Waals surface area contributed by atoms with Crippen molar-refractivity contribution < 1.29 is 44.1 Å². The van der Waals surface area contributed by atoms with Gasteiger partial charge < -0.3 is 13.9 Å². The van der Waals surface area contributed by atoms with Crippen LogP contribution in [0, 0.1) is 25.0 Å². The summed E-state index contributed by atoms with van der Waals surface area (Å²) in [7, 11) is 0. The Labute approximate surface area is 584 Å². The zero-order valence-corrected chi connectivity index (χ0v) is 58.2. The first-order valence-corrected chi connectivity index (χ1v) is 31.6. The Hall–Kier alpha value is -9.40. The van der Waals surface area contributed by atoms with Crippen LogP contribution in [0.15, 0.2) is 218 Å². The first kappa shape index (κ1) is 53.0. The normalized spacial score (nSPS) is 13.8. The van der Waals surface area contributed by atoms with Gasteiger partial charge in [-0.05, 0) is 158 Å². The minimum atomic E-state index is -0.601. The van der Waals surface area contributed by atoms with Gasteiger partial charge in [0.15, 0.2) is 0 Å². The Bertz CT molecular complexity index is 5430. The maximum absolute atomic E-state index is 9.18. The molecule has 7 heteroatoms. The molecule has 10 aromatic carbocycles. The smallest absolute Gasteiger partial charge is 0.268 e. The molecular weight excluding hydrogens is 1330 g/mol. The van der Waals surface area contributed by atoms with Crippen molar-refractivity contribution in [2.75, 3.05) is 0 Å². The minimum absolute atomic E-state index is 0. The maximum Gasteiger partial charge on any atom is 0.268 e. The molecule has 3 heterocycles. The van der Waals surface area contributed by atoms with Gasteiger partial charge in [0.2, 0.25) is 0 Å². The van der Waals surface area contributed by atoms with Crippen molar-refractivity contribution in [3.05, 3.63) is 276 Å². The quantitative estimate of drug-likeness (QED) is 0.101. The Morgan fingerprint density at radius 1 is 0.457 bits per heavy atom. The predicted molar refractivity (Wildman–Crippen MR) is 387 cm³/mol. The van der Waals surface area contributed by atoms with Crippen LogP contribution in [0.3, 0.4) is 0 Å². The van der Waals surface area contributed by atoms with Crippen LogP contribution in [-0.2, 0) is 48.1 Å². The van der Waals surface area contributed by atoms with E-state index < -0.39 is 60.4 Å². The number of nitrogens with zero attached hydrogens (tertiary/aromatic N) is 5. The summed E-state index contributed by atoms with van der Waals surface area (Å²) < 4.78 is 101. The number of imidazole rings is 1. The number of aromatic nitrogens is 4. The summed E-state index contributed by atoms with van der Waals surface area (Å²) >= 11 is 0. The van der Waals surface area contributed by atoms with Crippen LogP contribution in [0.4, 0.5) is 5.69 Å². The molecule has 13 rings (SSSR count). The van der Waals surface area contributed by atoms with Crippen LogP contribution in [0.2, 0.25) is 0 Å². The van der Waals surface area contributed by atoms with Crippen LogP contribution in [0.1, 0.15) is 145 Å². The van der Waals surface area contributed by atoms with Crippen LogP contribution in [0.25, 0.3) is 111 Å². The number of fused-ring (bicyclic) bond motifs is 4. The summed E-state index contributed by atoms with van der Waals surface area (Å²) in [5, 5.41) is 1.86. The van der Waals surface area contributed by atoms with E-state index in [-0.39, 0.29) is 87.5 Å². The van der Waals surface area contributed by atoms with Crippen molar-refractivity contribution in [2.45, 2.75) is 131 Å². The van der Waals surface area contributed by atoms with E-state index >= 15 is 0 Å². The van der Waals surface area contributed by atoms with E-state index in [2.05, 4.69) is 211 Å². The van der Waals surface area contributed by atoms with E-state index in [4.69, 9.17) is 24.5 Å². The van der Waals surface area contributed by atoms with Crippen molar-refractivity contribution in [2.24, 2.45) is 0 Å². The third kappa shape index (κ3) is 12.8. The summed E-state index contributed by atoms with van der Waals surface area (Å²) in [6.07, 6.45) is 5.26. The topological polar surface area (TPSA) is 40.2 Å². The first-order chi connectivity index (χ1) is 48.3. The fourth-order valence-corrected chi connectivity index (χ4v) is 12.1. The number of para-hydroxylation sites is 3. The molecule has 0 unspecified atom stereocenters. The van der Waals surface area contributed by atoms with E-state index in [1.807, 2.05) is 36.5 Å². The third-order valence-corrected chi connectivity index (χ3v) is 17.5. The number of rotatable bonds is 10. The SMILES string of the molecule is [2H]c1c([2H])c([2H])c(-c2cccc(-c3c([2H])c([2H])c([2H])c([2H])c3[2H])c2-[n+]2[c-]n(-c3[c-]c(Oc4[c-]c5c(cc4)c4cc(-c6cc(-c7cc(C(C)(C)C)cc(C(C)(C)C)c7)cc(-c7cc(C(C)(C)C)cc(C(C)(C)C)c7)c6)ccc4n5-c4cc(C(C)(C)C)ccn4)cc([N+]#[C-])c3)c3ccccc32)c([2H])c1[2H].[Pt]. The second kappa shape index (κ2) is 24.5. The Kier molecular flexibility index (Phi) is 13.8. The summed E-state index contributed by atoms with van der Waals surface area (Å²) in [4.78, 5) is 8.95. The van der Waals surface area contributed by atoms with Crippen molar-refractivity contribution in [1.29, 1.82) is 0 Å². The van der Waals surface area contributed by atoms with Crippen LogP contribution < -0.4 is 9.30 Å². The number of hydrogen-bond acceptors (Lipinski definition) is 2. The van der Waals surface area contributed by atoms with Gasteiger partial charge in [-0.2, -0.15) is 12.1 Å². The molecule has 0 N–H and O–H groups in total. The molecule has 0 amide bonds. The van der Waals surface area contributed by atoms with E-state index in [1.165, 1.54) is 22.3 Å². The molecule has 13 aromatic rings. The first-order valence-electron chi connectivity index (χ1n) is 36.6. The molecule has 0 saturated heterocycles. The second-order valence-corrected chi connectivity index (χ2v) is 29.5. The molecule has 0 atom stereocenters. The summed E-state index contributed by atoms with van der Waals surface area (Å²) in [5.41, 5.74) is 15.1. The molecule has 0 fully saturated rings. The molecule has 94 heavy (non-hydrogen) atoms. The summed E-state index contributed by atoms with van der Waals surface area (Å²) in [6.45, 7) is 42.3. The Morgan fingerprint density at radius 3 is 1.51 bits per heavy atom. The molecule has 0 bridgehead atoms. The van der Waals surface area contributed by atoms with Crippen LogP contribution in [0.5, 0.6) is 11.5 Å². The Morgan fingerprint density at radius 2 is 0.979 bits per heavy atom. The van der Waals surface area contributed by atoms with Crippen LogP contribution in [-0.4, -0.2) is 14.1 Å². The number of pyridine rings is 1. The van der Waals surface area contributed by atoms with Crippen molar-refractivity contribution in [3.8, 4) is 84.3 Å². The van der Waals surface area contributed by atoms with Crippen LogP contribution >= 0.6 is 0 Å². The number of benzene rings is 10. The molecule has 0 radical (unpaired) electrons. The van der Waals surface area contributed by atoms with Gasteiger partial charge in [0.25, 0.3) is 6.33 Å². The molecular formula is C87H81N5OPt-2. The van der Waals surface area contributed by atoms with Crippen molar-refractivity contribution >= 4 is 38.5 Å². The maximum atomic E-state index is 9.18. The third-order valence-electron chi connectivity index (χ3n) is 17.5. The largest absolute Gasteiger partial charge is 0.511 e. The predicted octanol–water partition coefficient (Wildman–Crippen LogP) is 23.0. The van der Waals surface area contributed by atoms with Gasteiger partial charge in [-0.1, -0.05) is 266 Å². The molecule has 3 aromatic heterocycles. The van der Waals surface area contributed by atoms with E-state index in [0.29, 0.717) is 33.8 Å². The Balaban J connectivity index is 0.0000102. The van der Waals surface area contributed by atoms with Gasteiger partial charge in [-0.3, -0.25) is 9.41 Å². The minimum Gasteiger partial charge on any atom is -0.511 e. The number of ether oxygens (including phenoxy) is 1.